The van der Waals surface area contributed by atoms with E-state index >= 15 is 0 Å². The van der Waals surface area contributed by atoms with Crippen LogP contribution < -0.4 is 15.2 Å². The predicted octanol–water partition coefficient (Wildman–Crippen LogP) is 3.04. The van der Waals surface area contributed by atoms with Crippen LogP contribution in [0.15, 0.2) is 36.4 Å². The molecule has 1 aromatic heterocycles. The summed E-state index contributed by atoms with van der Waals surface area (Å²) in [5.74, 6) is 2.04. The van der Waals surface area contributed by atoms with Crippen LogP contribution in [0.25, 0.3) is 0 Å². The van der Waals surface area contributed by atoms with Gasteiger partial charge < -0.3 is 15.2 Å². The first kappa shape index (κ1) is 13.4. The van der Waals surface area contributed by atoms with Gasteiger partial charge in [-0.15, -0.1) is 0 Å². The van der Waals surface area contributed by atoms with Crippen LogP contribution in [0.2, 0.25) is 0 Å². The van der Waals surface area contributed by atoms with Gasteiger partial charge in [-0.1, -0.05) is 6.07 Å². The number of rotatable bonds is 5. The molecule has 0 atom stereocenters. The molecule has 0 fully saturated rings. The Bertz CT molecular complexity index is 556. The molecule has 0 aliphatic rings. The lowest BCUT2D eigenvalue weighted by Gasteiger charge is -2.09. The Hall–Kier alpha value is -2.07. The van der Waals surface area contributed by atoms with Crippen molar-refractivity contribution in [1.82, 2.24) is 4.98 Å². The van der Waals surface area contributed by atoms with Gasteiger partial charge in [0.05, 0.1) is 6.61 Å². The van der Waals surface area contributed by atoms with Crippen molar-refractivity contribution < 1.29 is 9.47 Å². The number of benzene rings is 1. The Morgan fingerprint density at radius 1 is 1.16 bits per heavy atom. The summed E-state index contributed by atoms with van der Waals surface area (Å²) < 4.78 is 11.2. The number of aryl methyl sites for hydroxylation is 1. The summed E-state index contributed by atoms with van der Waals surface area (Å²) in [6, 6.07) is 11.3. The molecule has 1 heterocycles. The zero-order valence-electron chi connectivity index (χ0n) is 11.2. The summed E-state index contributed by atoms with van der Waals surface area (Å²) in [5, 5.41) is 0. The first-order valence-electron chi connectivity index (χ1n) is 6.29. The van der Waals surface area contributed by atoms with Gasteiger partial charge in [0.15, 0.2) is 0 Å². The number of ether oxygens (including phenoxy) is 2. The normalized spacial score (nSPS) is 10.3. The molecule has 0 spiro atoms. The molecule has 1 aromatic carbocycles. The second kappa shape index (κ2) is 6.20. The first-order chi connectivity index (χ1) is 9.21. The minimum atomic E-state index is 0.471. The van der Waals surface area contributed by atoms with Crippen LogP contribution in [0, 0.1) is 6.92 Å². The van der Waals surface area contributed by atoms with Crippen molar-refractivity contribution in [2.75, 3.05) is 6.61 Å². The third-order valence-electron chi connectivity index (χ3n) is 2.56. The summed E-state index contributed by atoms with van der Waals surface area (Å²) in [6.45, 7) is 4.97. The maximum atomic E-state index is 5.74. The molecule has 4 nitrogen and oxygen atoms in total. The van der Waals surface area contributed by atoms with Gasteiger partial charge in [-0.3, -0.25) is 0 Å². The Morgan fingerprint density at radius 3 is 2.68 bits per heavy atom. The Balaban J connectivity index is 2.20. The number of aromatic nitrogens is 1. The van der Waals surface area contributed by atoms with Gasteiger partial charge in [0.1, 0.15) is 11.5 Å². The van der Waals surface area contributed by atoms with E-state index < -0.39 is 0 Å². The molecule has 2 rings (SSSR count). The second-order valence-corrected chi connectivity index (χ2v) is 4.17. The highest BCUT2D eigenvalue weighted by molar-refractivity contribution is 5.36. The third-order valence-corrected chi connectivity index (χ3v) is 2.56. The minimum Gasteiger partial charge on any atom is -0.494 e. The van der Waals surface area contributed by atoms with Crippen LogP contribution in [0.1, 0.15) is 18.2 Å². The topological polar surface area (TPSA) is 57.4 Å². The van der Waals surface area contributed by atoms with Crippen molar-refractivity contribution in [2.24, 2.45) is 5.73 Å². The number of nitrogens with two attached hydrogens (primary N) is 1. The lowest BCUT2D eigenvalue weighted by molar-refractivity contribution is 0.338. The summed E-state index contributed by atoms with van der Waals surface area (Å²) >= 11 is 0. The molecule has 0 saturated carbocycles. The average molecular weight is 258 g/mol. The van der Waals surface area contributed by atoms with Crippen molar-refractivity contribution in [3.63, 3.8) is 0 Å². The number of pyridine rings is 1. The zero-order chi connectivity index (χ0) is 13.7. The molecule has 0 radical (unpaired) electrons. The van der Waals surface area contributed by atoms with Crippen LogP contribution in [0.4, 0.5) is 0 Å². The number of hydrogen-bond donors (Lipinski definition) is 1. The molecule has 2 N–H and O–H groups in total. The number of nitrogens with zero attached hydrogens (tertiary/aromatic N) is 1. The zero-order valence-corrected chi connectivity index (χ0v) is 11.2. The van der Waals surface area contributed by atoms with Crippen LogP contribution in [-0.4, -0.2) is 11.6 Å². The minimum absolute atomic E-state index is 0.471. The number of hydrogen-bond acceptors (Lipinski definition) is 4. The molecule has 0 unspecified atom stereocenters. The van der Waals surface area contributed by atoms with Crippen LogP contribution in [-0.2, 0) is 6.54 Å². The summed E-state index contributed by atoms with van der Waals surface area (Å²) in [4.78, 5) is 4.33. The predicted molar refractivity (Wildman–Crippen MR) is 74.6 cm³/mol. The van der Waals surface area contributed by atoms with E-state index in [-0.39, 0.29) is 0 Å². The molecule has 0 amide bonds. The third kappa shape index (κ3) is 3.69. The fourth-order valence-electron chi connectivity index (χ4n) is 1.79. The highest BCUT2D eigenvalue weighted by Crippen LogP contribution is 2.25. The second-order valence-electron chi connectivity index (χ2n) is 4.17. The van der Waals surface area contributed by atoms with Gasteiger partial charge in [0, 0.05) is 24.4 Å². The van der Waals surface area contributed by atoms with E-state index in [0.29, 0.717) is 24.8 Å². The Morgan fingerprint density at radius 2 is 1.95 bits per heavy atom. The highest BCUT2D eigenvalue weighted by atomic mass is 16.5. The molecule has 0 bridgehead atoms. The van der Waals surface area contributed by atoms with Crippen LogP contribution in [0.3, 0.4) is 0 Å². The fourth-order valence-corrected chi connectivity index (χ4v) is 1.79. The van der Waals surface area contributed by atoms with E-state index in [0.717, 1.165) is 17.0 Å². The molecule has 100 valence electrons. The fraction of sp³-hybridized carbons (Fsp3) is 0.267. The first-order valence-corrected chi connectivity index (χ1v) is 6.29. The van der Waals surface area contributed by atoms with E-state index in [9.17, 15) is 0 Å². The molecule has 2 aromatic rings. The lowest BCUT2D eigenvalue weighted by atomic mass is 10.2. The van der Waals surface area contributed by atoms with Crippen LogP contribution in [0.5, 0.6) is 17.4 Å². The standard InChI is InChI=1S/C15H18N2O2/c1-3-18-13-5-4-6-14(9-13)19-15-8-12(10-16)7-11(2)17-15/h4-9H,3,10,16H2,1-2H3. The highest BCUT2D eigenvalue weighted by Gasteiger charge is 2.03. The van der Waals surface area contributed by atoms with Gasteiger partial charge >= 0.3 is 0 Å². The Labute approximate surface area is 113 Å². The summed E-state index contributed by atoms with van der Waals surface area (Å²) in [5.41, 5.74) is 7.53. The van der Waals surface area contributed by atoms with E-state index in [1.165, 1.54) is 0 Å². The molecule has 0 saturated heterocycles. The average Bonchev–Trinajstić information content (AvgIpc) is 2.39. The van der Waals surface area contributed by atoms with Crippen LogP contribution >= 0.6 is 0 Å². The molecule has 0 aliphatic heterocycles. The van der Waals surface area contributed by atoms with Crippen molar-refractivity contribution in [2.45, 2.75) is 20.4 Å². The monoisotopic (exact) mass is 258 g/mol. The van der Waals surface area contributed by atoms with E-state index in [1.54, 1.807) is 0 Å². The van der Waals surface area contributed by atoms with Gasteiger partial charge in [-0.2, -0.15) is 0 Å². The largest absolute Gasteiger partial charge is 0.494 e. The van der Waals surface area contributed by atoms with Crippen molar-refractivity contribution in [3.05, 3.63) is 47.7 Å². The molecule has 4 heteroatoms. The van der Waals surface area contributed by atoms with Crippen molar-refractivity contribution >= 4 is 0 Å². The van der Waals surface area contributed by atoms with Gasteiger partial charge in [0.2, 0.25) is 5.88 Å². The van der Waals surface area contributed by atoms with Gasteiger partial charge in [0.25, 0.3) is 0 Å². The lowest BCUT2D eigenvalue weighted by Crippen LogP contribution is -1.99. The van der Waals surface area contributed by atoms with Crippen molar-refractivity contribution in [3.8, 4) is 17.4 Å². The SMILES string of the molecule is CCOc1cccc(Oc2cc(CN)cc(C)n2)c1. The summed E-state index contributed by atoms with van der Waals surface area (Å²) in [7, 11) is 0. The summed E-state index contributed by atoms with van der Waals surface area (Å²) in [6.07, 6.45) is 0. The Kier molecular flexibility index (Phi) is 4.36. The maximum absolute atomic E-state index is 5.74. The van der Waals surface area contributed by atoms with Gasteiger partial charge in [-0.05, 0) is 37.6 Å². The smallest absolute Gasteiger partial charge is 0.219 e. The maximum Gasteiger partial charge on any atom is 0.219 e. The molecule has 19 heavy (non-hydrogen) atoms. The van der Waals surface area contributed by atoms with Gasteiger partial charge in [-0.25, -0.2) is 4.98 Å². The van der Waals surface area contributed by atoms with Crippen molar-refractivity contribution in [1.29, 1.82) is 0 Å². The molecular formula is C15H18N2O2. The molecule has 0 aliphatic carbocycles. The van der Waals surface area contributed by atoms with E-state index in [1.807, 2.05) is 50.2 Å². The quantitative estimate of drug-likeness (QED) is 0.895. The molecular weight excluding hydrogens is 240 g/mol. The van der Waals surface area contributed by atoms with E-state index in [2.05, 4.69) is 4.98 Å². The van der Waals surface area contributed by atoms with E-state index in [4.69, 9.17) is 15.2 Å².